The SMILES string of the molecule is N#CC(=C(O)c1ccccc1)c1ccccc1. The molecule has 0 saturated heterocycles. The molecule has 0 aromatic heterocycles. The van der Waals surface area contributed by atoms with Crippen molar-refractivity contribution in [1.29, 1.82) is 5.26 Å². The van der Waals surface area contributed by atoms with Gasteiger partial charge in [0.25, 0.3) is 0 Å². The molecule has 2 rings (SSSR count). The molecule has 0 fully saturated rings. The minimum absolute atomic E-state index is 0.0132. The summed E-state index contributed by atoms with van der Waals surface area (Å²) in [4.78, 5) is 0. The van der Waals surface area contributed by atoms with Crippen molar-refractivity contribution in [2.75, 3.05) is 0 Å². The van der Waals surface area contributed by atoms with Crippen molar-refractivity contribution in [3.05, 3.63) is 71.8 Å². The zero-order chi connectivity index (χ0) is 12.1. The van der Waals surface area contributed by atoms with E-state index in [2.05, 4.69) is 0 Å². The van der Waals surface area contributed by atoms with Gasteiger partial charge in [0.2, 0.25) is 0 Å². The van der Waals surface area contributed by atoms with Crippen LogP contribution in [0.1, 0.15) is 11.1 Å². The third-order valence-corrected chi connectivity index (χ3v) is 2.46. The summed E-state index contributed by atoms with van der Waals surface area (Å²) in [6.07, 6.45) is 0. The predicted octanol–water partition coefficient (Wildman–Crippen LogP) is 3.64. The Morgan fingerprint density at radius 3 is 1.76 bits per heavy atom. The van der Waals surface area contributed by atoms with Gasteiger partial charge in [-0.05, 0) is 5.56 Å². The van der Waals surface area contributed by atoms with Gasteiger partial charge in [0, 0.05) is 5.56 Å². The molecule has 0 unspecified atom stereocenters. The van der Waals surface area contributed by atoms with Crippen LogP contribution in [0.25, 0.3) is 11.3 Å². The zero-order valence-corrected chi connectivity index (χ0v) is 9.17. The molecule has 0 spiro atoms. The van der Waals surface area contributed by atoms with E-state index in [-0.39, 0.29) is 11.3 Å². The van der Waals surface area contributed by atoms with E-state index in [9.17, 15) is 5.11 Å². The van der Waals surface area contributed by atoms with E-state index in [4.69, 9.17) is 5.26 Å². The number of hydrogen-bond donors (Lipinski definition) is 1. The Bertz CT molecular complexity index is 565. The number of benzene rings is 2. The van der Waals surface area contributed by atoms with Gasteiger partial charge in [-0.1, -0.05) is 60.7 Å². The molecule has 0 bridgehead atoms. The zero-order valence-electron chi connectivity index (χ0n) is 9.17. The first-order valence-corrected chi connectivity index (χ1v) is 5.27. The van der Waals surface area contributed by atoms with Gasteiger partial charge in [-0.15, -0.1) is 0 Å². The van der Waals surface area contributed by atoms with Gasteiger partial charge >= 0.3 is 0 Å². The van der Waals surface area contributed by atoms with Crippen LogP contribution in [0.2, 0.25) is 0 Å². The molecule has 1 N–H and O–H groups in total. The first-order chi connectivity index (χ1) is 8.33. The average Bonchev–Trinajstić information content (AvgIpc) is 2.42. The number of allylic oxidation sites excluding steroid dienone is 1. The Hall–Kier alpha value is -2.53. The lowest BCUT2D eigenvalue weighted by molar-refractivity contribution is 0.514. The standard InChI is InChI=1S/C15H11NO/c16-11-14(12-7-3-1-4-8-12)15(17)13-9-5-2-6-10-13/h1-10,17H. The maximum Gasteiger partial charge on any atom is 0.141 e. The fourth-order valence-electron chi connectivity index (χ4n) is 1.60. The molecule has 0 saturated carbocycles. The molecular weight excluding hydrogens is 210 g/mol. The number of rotatable bonds is 2. The molecule has 2 aromatic rings. The van der Waals surface area contributed by atoms with Crippen molar-refractivity contribution >= 4 is 11.3 Å². The van der Waals surface area contributed by atoms with E-state index in [1.807, 2.05) is 42.5 Å². The Kier molecular flexibility index (Phi) is 3.23. The van der Waals surface area contributed by atoms with Crippen LogP contribution in [0.3, 0.4) is 0 Å². The van der Waals surface area contributed by atoms with E-state index in [0.29, 0.717) is 5.56 Å². The van der Waals surface area contributed by atoms with E-state index in [0.717, 1.165) is 5.56 Å². The normalized spacial score (nSPS) is 11.5. The molecule has 0 atom stereocenters. The maximum absolute atomic E-state index is 10.1. The van der Waals surface area contributed by atoms with Crippen molar-refractivity contribution in [2.24, 2.45) is 0 Å². The summed E-state index contributed by atoms with van der Waals surface area (Å²) in [6.45, 7) is 0. The van der Waals surface area contributed by atoms with E-state index >= 15 is 0 Å². The highest BCUT2D eigenvalue weighted by Gasteiger charge is 2.09. The van der Waals surface area contributed by atoms with Crippen molar-refractivity contribution < 1.29 is 5.11 Å². The van der Waals surface area contributed by atoms with Crippen LogP contribution >= 0.6 is 0 Å². The van der Waals surface area contributed by atoms with Crippen molar-refractivity contribution in [3.8, 4) is 6.07 Å². The molecule has 2 heteroatoms. The van der Waals surface area contributed by atoms with Crippen LogP contribution in [0.15, 0.2) is 60.7 Å². The van der Waals surface area contributed by atoms with Gasteiger partial charge in [-0.25, -0.2) is 0 Å². The number of hydrogen-bond acceptors (Lipinski definition) is 2. The number of nitrogens with zero attached hydrogens (tertiary/aromatic N) is 1. The quantitative estimate of drug-likeness (QED) is 0.478. The van der Waals surface area contributed by atoms with Gasteiger partial charge < -0.3 is 5.11 Å². The lowest BCUT2D eigenvalue weighted by Crippen LogP contribution is -1.89. The van der Waals surface area contributed by atoms with E-state index in [1.54, 1.807) is 24.3 Å². The second-order valence-corrected chi connectivity index (χ2v) is 3.57. The Morgan fingerprint density at radius 1 is 0.824 bits per heavy atom. The average molecular weight is 221 g/mol. The largest absolute Gasteiger partial charge is 0.506 e. The van der Waals surface area contributed by atoms with Gasteiger partial charge in [0.15, 0.2) is 0 Å². The van der Waals surface area contributed by atoms with Crippen molar-refractivity contribution in [2.45, 2.75) is 0 Å². The first-order valence-electron chi connectivity index (χ1n) is 5.27. The molecule has 0 heterocycles. The molecule has 2 nitrogen and oxygen atoms in total. The molecule has 17 heavy (non-hydrogen) atoms. The molecule has 0 radical (unpaired) electrons. The Balaban J connectivity index is 2.53. The summed E-state index contributed by atoms with van der Waals surface area (Å²) in [5.74, 6) is 0.0132. The second kappa shape index (κ2) is 5.00. The third-order valence-electron chi connectivity index (χ3n) is 2.46. The van der Waals surface area contributed by atoms with Gasteiger partial charge in [-0.3, -0.25) is 0 Å². The maximum atomic E-state index is 10.1. The summed E-state index contributed by atoms with van der Waals surface area (Å²) < 4.78 is 0. The number of aliphatic hydroxyl groups is 1. The van der Waals surface area contributed by atoms with E-state index < -0.39 is 0 Å². The molecular formula is C15H11NO. The number of aliphatic hydroxyl groups excluding tert-OH is 1. The molecule has 0 aliphatic carbocycles. The van der Waals surface area contributed by atoms with E-state index in [1.165, 1.54) is 0 Å². The summed E-state index contributed by atoms with van der Waals surface area (Å²) in [7, 11) is 0. The van der Waals surface area contributed by atoms with Crippen LogP contribution < -0.4 is 0 Å². The van der Waals surface area contributed by atoms with Crippen LogP contribution in [0.5, 0.6) is 0 Å². The van der Waals surface area contributed by atoms with Crippen LogP contribution in [-0.4, -0.2) is 5.11 Å². The fourth-order valence-corrected chi connectivity index (χ4v) is 1.60. The third kappa shape index (κ3) is 2.35. The number of nitriles is 1. The molecule has 82 valence electrons. The molecule has 0 aliphatic heterocycles. The lowest BCUT2D eigenvalue weighted by Gasteiger charge is -2.04. The second-order valence-electron chi connectivity index (χ2n) is 3.57. The predicted molar refractivity (Wildman–Crippen MR) is 67.9 cm³/mol. The highest BCUT2D eigenvalue weighted by Crippen LogP contribution is 2.23. The summed E-state index contributed by atoms with van der Waals surface area (Å²) in [6, 6.07) is 20.3. The lowest BCUT2D eigenvalue weighted by atomic mass is 10.0. The monoisotopic (exact) mass is 221 g/mol. The minimum Gasteiger partial charge on any atom is -0.506 e. The van der Waals surface area contributed by atoms with Crippen molar-refractivity contribution in [3.63, 3.8) is 0 Å². The smallest absolute Gasteiger partial charge is 0.141 e. The van der Waals surface area contributed by atoms with Gasteiger partial charge in [0.05, 0.1) is 0 Å². The fraction of sp³-hybridized carbons (Fsp3) is 0. The first kappa shape index (κ1) is 11.0. The summed E-state index contributed by atoms with van der Waals surface area (Å²) >= 11 is 0. The molecule has 2 aromatic carbocycles. The topological polar surface area (TPSA) is 44.0 Å². The Labute approximate surface area is 100 Å². The highest BCUT2D eigenvalue weighted by molar-refractivity contribution is 5.93. The van der Waals surface area contributed by atoms with Gasteiger partial charge in [0.1, 0.15) is 17.4 Å². The summed E-state index contributed by atoms with van der Waals surface area (Å²) in [5.41, 5.74) is 1.65. The molecule has 0 aliphatic rings. The highest BCUT2D eigenvalue weighted by atomic mass is 16.3. The minimum atomic E-state index is 0.0132. The summed E-state index contributed by atoms with van der Waals surface area (Å²) in [5, 5.41) is 19.2. The van der Waals surface area contributed by atoms with Crippen molar-refractivity contribution in [1.82, 2.24) is 0 Å². The van der Waals surface area contributed by atoms with Crippen LogP contribution in [-0.2, 0) is 0 Å². The molecule has 0 amide bonds. The van der Waals surface area contributed by atoms with Gasteiger partial charge in [-0.2, -0.15) is 5.26 Å². The Morgan fingerprint density at radius 2 is 1.29 bits per heavy atom. The van der Waals surface area contributed by atoms with Crippen LogP contribution in [0, 0.1) is 11.3 Å². The van der Waals surface area contributed by atoms with Crippen LogP contribution in [0.4, 0.5) is 0 Å².